The molecule has 5 nitrogen and oxygen atoms in total. The Bertz CT molecular complexity index is 604. The van der Waals surface area contributed by atoms with E-state index in [1.54, 1.807) is 25.4 Å². The molecule has 0 radical (unpaired) electrons. The molecule has 0 fully saturated rings. The van der Waals surface area contributed by atoms with Gasteiger partial charge < -0.3 is 15.4 Å². The lowest BCUT2D eigenvalue weighted by Gasteiger charge is -2.09. The summed E-state index contributed by atoms with van der Waals surface area (Å²) in [7, 11) is 1.60. The number of pyridine rings is 1. The summed E-state index contributed by atoms with van der Waals surface area (Å²) in [6.07, 6.45) is 1.56. The van der Waals surface area contributed by atoms with Crippen molar-refractivity contribution >= 4 is 23.3 Å². The number of nitrogens with zero attached hydrogens (tertiary/aromatic N) is 1. The van der Waals surface area contributed by atoms with Gasteiger partial charge in [-0.25, -0.2) is 9.78 Å². The highest BCUT2D eigenvalue weighted by Gasteiger charge is 2.05. The Morgan fingerprint density at radius 3 is 2.95 bits per heavy atom. The molecule has 0 aliphatic rings. The first-order chi connectivity index (χ1) is 9.69. The number of hydrogen-bond acceptors (Lipinski definition) is 3. The minimum atomic E-state index is -0.345. The van der Waals surface area contributed by atoms with Crippen molar-refractivity contribution in [1.29, 1.82) is 0 Å². The quantitative estimate of drug-likeness (QED) is 0.851. The van der Waals surface area contributed by atoms with Crippen molar-refractivity contribution in [3.05, 3.63) is 53.3 Å². The first-order valence-corrected chi connectivity index (χ1v) is 6.35. The highest BCUT2D eigenvalue weighted by atomic mass is 35.5. The molecule has 2 aromatic rings. The third-order valence-corrected chi connectivity index (χ3v) is 2.90. The van der Waals surface area contributed by atoms with Gasteiger partial charge in [-0.2, -0.15) is 0 Å². The zero-order chi connectivity index (χ0) is 14.4. The number of aromatic nitrogens is 1. The fraction of sp³-hybridized carbons (Fsp3) is 0.143. The highest BCUT2D eigenvalue weighted by molar-refractivity contribution is 6.32. The summed E-state index contributed by atoms with van der Waals surface area (Å²) >= 11 is 5.85. The van der Waals surface area contributed by atoms with Gasteiger partial charge in [-0.05, 0) is 29.8 Å². The van der Waals surface area contributed by atoms with E-state index in [-0.39, 0.29) is 11.2 Å². The maximum atomic E-state index is 11.8. The van der Waals surface area contributed by atoms with E-state index in [0.29, 0.717) is 12.2 Å². The summed E-state index contributed by atoms with van der Waals surface area (Å²) in [5.74, 6) is 0.750. The van der Waals surface area contributed by atoms with Crippen LogP contribution >= 0.6 is 11.6 Å². The number of methoxy groups -OCH3 is 1. The molecule has 0 saturated heterocycles. The van der Waals surface area contributed by atoms with Crippen molar-refractivity contribution in [3.63, 3.8) is 0 Å². The molecule has 0 spiro atoms. The number of benzene rings is 1. The fourth-order valence-electron chi connectivity index (χ4n) is 1.61. The number of ether oxygens (including phenoxy) is 1. The molecule has 1 heterocycles. The summed E-state index contributed by atoms with van der Waals surface area (Å²) in [5.41, 5.74) is 1.41. The molecule has 20 heavy (non-hydrogen) atoms. The lowest BCUT2D eigenvalue weighted by atomic mass is 10.2. The van der Waals surface area contributed by atoms with Gasteiger partial charge in [-0.3, -0.25) is 0 Å². The predicted molar refractivity (Wildman–Crippen MR) is 78.1 cm³/mol. The van der Waals surface area contributed by atoms with Crippen LogP contribution in [-0.4, -0.2) is 18.1 Å². The molecule has 2 amide bonds. The Kier molecular flexibility index (Phi) is 4.79. The van der Waals surface area contributed by atoms with Gasteiger partial charge in [-0.15, -0.1) is 0 Å². The van der Waals surface area contributed by atoms with Crippen LogP contribution in [0.1, 0.15) is 5.56 Å². The van der Waals surface area contributed by atoms with Gasteiger partial charge in [0.1, 0.15) is 5.75 Å². The van der Waals surface area contributed by atoms with E-state index >= 15 is 0 Å². The number of amides is 2. The number of carbonyl (C=O) groups is 1. The molecule has 6 heteroatoms. The minimum Gasteiger partial charge on any atom is -0.497 e. The molecular weight excluding hydrogens is 278 g/mol. The van der Waals surface area contributed by atoms with Crippen LogP contribution in [0.2, 0.25) is 5.15 Å². The molecule has 0 unspecified atom stereocenters. The van der Waals surface area contributed by atoms with E-state index < -0.39 is 0 Å². The number of anilines is 1. The van der Waals surface area contributed by atoms with Crippen molar-refractivity contribution in [1.82, 2.24) is 10.3 Å². The van der Waals surface area contributed by atoms with E-state index in [2.05, 4.69) is 15.6 Å². The van der Waals surface area contributed by atoms with Gasteiger partial charge in [0, 0.05) is 12.7 Å². The van der Waals surface area contributed by atoms with Gasteiger partial charge in [-0.1, -0.05) is 23.7 Å². The monoisotopic (exact) mass is 291 g/mol. The van der Waals surface area contributed by atoms with Gasteiger partial charge in [0.2, 0.25) is 0 Å². The molecule has 0 saturated carbocycles. The van der Waals surface area contributed by atoms with Crippen LogP contribution in [0.3, 0.4) is 0 Å². The fourth-order valence-corrected chi connectivity index (χ4v) is 1.78. The first kappa shape index (κ1) is 14.1. The predicted octanol–water partition coefficient (Wildman–Crippen LogP) is 3.07. The number of hydrogen-bond donors (Lipinski definition) is 2. The Morgan fingerprint density at radius 1 is 1.35 bits per heavy atom. The lowest BCUT2D eigenvalue weighted by molar-refractivity contribution is 0.251. The van der Waals surface area contributed by atoms with E-state index in [4.69, 9.17) is 16.3 Å². The second kappa shape index (κ2) is 6.77. The van der Waals surface area contributed by atoms with E-state index in [0.717, 1.165) is 11.3 Å². The molecule has 0 atom stereocenters. The minimum absolute atomic E-state index is 0.254. The van der Waals surface area contributed by atoms with Gasteiger partial charge in [0.25, 0.3) is 0 Å². The molecule has 104 valence electrons. The Labute approximate surface area is 121 Å². The lowest BCUT2D eigenvalue weighted by Crippen LogP contribution is -2.28. The molecule has 2 N–H and O–H groups in total. The van der Waals surface area contributed by atoms with Crippen LogP contribution in [0.15, 0.2) is 42.6 Å². The van der Waals surface area contributed by atoms with Gasteiger partial charge >= 0.3 is 6.03 Å². The van der Waals surface area contributed by atoms with E-state index in [1.165, 1.54) is 0 Å². The van der Waals surface area contributed by atoms with Crippen LogP contribution in [0.4, 0.5) is 10.5 Å². The first-order valence-electron chi connectivity index (χ1n) is 5.97. The molecule has 0 aliphatic heterocycles. The van der Waals surface area contributed by atoms with Gasteiger partial charge in [0.05, 0.1) is 12.8 Å². The average Bonchev–Trinajstić information content (AvgIpc) is 2.48. The smallest absolute Gasteiger partial charge is 0.319 e. The molecule has 2 rings (SSSR count). The van der Waals surface area contributed by atoms with E-state index in [1.807, 2.05) is 24.3 Å². The third kappa shape index (κ3) is 3.86. The Morgan fingerprint density at radius 2 is 2.20 bits per heavy atom. The SMILES string of the molecule is COc1cccc(CNC(=O)Nc2cccnc2Cl)c1. The Hall–Kier alpha value is -2.27. The van der Waals surface area contributed by atoms with Crippen molar-refractivity contribution in [2.45, 2.75) is 6.54 Å². The maximum absolute atomic E-state index is 11.8. The van der Waals surface area contributed by atoms with Crippen LogP contribution in [0.25, 0.3) is 0 Å². The number of carbonyl (C=O) groups excluding carboxylic acids is 1. The topological polar surface area (TPSA) is 63.2 Å². The summed E-state index contributed by atoms with van der Waals surface area (Å²) in [6.45, 7) is 0.390. The third-order valence-electron chi connectivity index (χ3n) is 2.59. The van der Waals surface area contributed by atoms with Crippen molar-refractivity contribution in [2.24, 2.45) is 0 Å². The summed E-state index contributed by atoms with van der Waals surface area (Å²) in [4.78, 5) is 15.6. The zero-order valence-corrected chi connectivity index (χ0v) is 11.6. The van der Waals surface area contributed by atoms with Crippen LogP contribution in [0, 0.1) is 0 Å². The van der Waals surface area contributed by atoms with Crippen LogP contribution < -0.4 is 15.4 Å². The standard InChI is InChI=1S/C14H14ClN3O2/c1-20-11-5-2-4-10(8-11)9-17-14(19)18-12-6-3-7-16-13(12)15/h2-8H,9H2,1H3,(H2,17,18,19). The number of urea groups is 1. The Balaban J connectivity index is 1.90. The molecule has 1 aromatic heterocycles. The largest absolute Gasteiger partial charge is 0.497 e. The van der Waals surface area contributed by atoms with Crippen molar-refractivity contribution < 1.29 is 9.53 Å². The highest BCUT2D eigenvalue weighted by Crippen LogP contribution is 2.17. The second-order valence-electron chi connectivity index (χ2n) is 4.00. The van der Waals surface area contributed by atoms with E-state index in [9.17, 15) is 4.79 Å². The second-order valence-corrected chi connectivity index (χ2v) is 4.36. The number of halogens is 1. The average molecular weight is 292 g/mol. The number of rotatable bonds is 4. The normalized spacial score (nSPS) is 9.90. The summed E-state index contributed by atoms with van der Waals surface area (Å²) < 4.78 is 5.12. The molecule has 1 aromatic carbocycles. The van der Waals surface area contributed by atoms with Gasteiger partial charge in [0.15, 0.2) is 5.15 Å². The van der Waals surface area contributed by atoms with Crippen LogP contribution in [0.5, 0.6) is 5.75 Å². The molecule has 0 bridgehead atoms. The zero-order valence-electron chi connectivity index (χ0n) is 10.9. The van der Waals surface area contributed by atoms with Crippen molar-refractivity contribution in [3.8, 4) is 5.75 Å². The molecular formula is C14H14ClN3O2. The number of nitrogens with one attached hydrogen (secondary N) is 2. The maximum Gasteiger partial charge on any atom is 0.319 e. The molecule has 0 aliphatic carbocycles. The van der Waals surface area contributed by atoms with Crippen LogP contribution in [-0.2, 0) is 6.54 Å². The summed E-state index contributed by atoms with van der Waals surface area (Å²) in [6, 6.07) is 10.5. The summed E-state index contributed by atoms with van der Waals surface area (Å²) in [5, 5.41) is 5.62. The van der Waals surface area contributed by atoms with Crippen molar-refractivity contribution in [2.75, 3.05) is 12.4 Å².